The molecule has 3 rings (SSSR count). The highest BCUT2D eigenvalue weighted by Gasteiger charge is 2.30. The molecule has 0 aliphatic carbocycles. The minimum atomic E-state index is -3.60. The first-order chi connectivity index (χ1) is 19.6. The van der Waals surface area contributed by atoms with E-state index in [1.54, 1.807) is 41.3 Å². The molecule has 0 saturated heterocycles. The molecular formula is C31H38ClN3O5S. The van der Waals surface area contributed by atoms with Crippen molar-refractivity contribution in [1.82, 2.24) is 10.2 Å². The third kappa shape index (κ3) is 9.79. The summed E-state index contributed by atoms with van der Waals surface area (Å²) < 4.78 is 31.7. The van der Waals surface area contributed by atoms with Gasteiger partial charge in [-0.3, -0.25) is 13.9 Å². The zero-order valence-electron chi connectivity index (χ0n) is 23.8. The van der Waals surface area contributed by atoms with E-state index in [0.717, 1.165) is 23.8 Å². The quantitative estimate of drug-likeness (QED) is 0.263. The Balaban J connectivity index is 1.85. The maximum atomic E-state index is 13.8. The number of carbonyl (C=O) groups excluding carboxylic acids is 2. The number of methoxy groups -OCH3 is 1. The van der Waals surface area contributed by atoms with E-state index in [2.05, 4.69) is 5.32 Å². The molecule has 0 aliphatic heterocycles. The zero-order valence-corrected chi connectivity index (χ0v) is 25.3. The topological polar surface area (TPSA) is 96.0 Å². The molecule has 0 unspecified atom stereocenters. The molecule has 0 aromatic heterocycles. The lowest BCUT2D eigenvalue weighted by Crippen LogP contribution is -2.50. The Morgan fingerprint density at radius 1 is 0.951 bits per heavy atom. The van der Waals surface area contributed by atoms with Crippen LogP contribution in [-0.2, 0) is 32.6 Å². The van der Waals surface area contributed by atoms with Crippen molar-refractivity contribution in [3.8, 4) is 5.75 Å². The molecule has 41 heavy (non-hydrogen) atoms. The molecule has 8 nitrogen and oxygen atoms in total. The van der Waals surface area contributed by atoms with Crippen molar-refractivity contribution in [3.63, 3.8) is 0 Å². The van der Waals surface area contributed by atoms with E-state index >= 15 is 0 Å². The van der Waals surface area contributed by atoms with Crippen LogP contribution in [0.25, 0.3) is 0 Å². The number of ether oxygens (including phenoxy) is 1. The normalized spacial score (nSPS) is 11.9. The molecule has 0 heterocycles. The van der Waals surface area contributed by atoms with E-state index in [1.807, 2.05) is 49.4 Å². The summed E-state index contributed by atoms with van der Waals surface area (Å²) in [6, 6.07) is 22.7. The molecule has 0 spiro atoms. The maximum Gasteiger partial charge on any atom is 0.243 e. The highest BCUT2D eigenvalue weighted by Crippen LogP contribution is 2.23. The number of halogens is 1. The van der Waals surface area contributed by atoms with Crippen molar-refractivity contribution in [3.05, 3.63) is 95.0 Å². The second-order valence-corrected chi connectivity index (χ2v) is 12.1. The molecular weight excluding hydrogens is 562 g/mol. The van der Waals surface area contributed by atoms with E-state index in [4.69, 9.17) is 16.3 Å². The Bertz CT molecular complexity index is 1370. The number of nitrogens with one attached hydrogen (secondary N) is 1. The number of hydrogen-bond donors (Lipinski definition) is 1. The van der Waals surface area contributed by atoms with Crippen LogP contribution in [0.1, 0.15) is 37.3 Å². The van der Waals surface area contributed by atoms with Gasteiger partial charge >= 0.3 is 0 Å². The summed E-state index contributed by atoms with van der Waals surface area (Å²) in [5.41, 5.74) is 2.25. The molecule has 0 radical (unpaired) electrons. The van der Waals surface area contributed by atoms with Crippen LogP contribution in [0, 0.1) is 0 Å². The van der Waals surface area contributed by atoms with Gasteiger partial charge in [0.25, 0.3) is 0 Å². The van der Waals surface area contributed by atoms with Crippen LogP contribution in [0.5, 0.6) is 5.75 Å². The van der Waals surface area contributed by atoms with E-state index in [-0.39, 0.29) is 37.7 Å². The molecule has 0 bridgehead atoms. The van der Waals surface area contributed by atoms with Crippen molar-refractivity contribution in [2.24, 2.45) is 0 Å². The number of rotatable bonds is 15. The van der Waals surface area contributed by atoms with Crippen molar-refractivity contribution in [2.45, 2.75) is 45.2 Å². The molecule has 1 atom stereocenters. The molecule has 3 aromatic carbocycles. The Morgan fingerprint density at radius 2 is 1.61 bits per heavy atom. The summed E-state index contributed by atoms with van der Waals surface area (Å²) in [6.45, 7) is 2.79. The van der Waals surface area contributed by atoms with E-state index in [9.17, 15) is 18.0 Å². The summed E-state index contributed by atoms with van der Waals surface area (Å²) in [7, 11) is -2.06. The van der Waals surface area contributed by atoms with Gasteiger partial charge in [0, 0.05) is 37.5 Å². The monoisotopic (exact) mass is 599 g/mol. The van der Waals surface area contributed by atoms with E-state index in [0.29, 0.717) is 29.4 Å². The minimum Gasteiger partial charge on any atom is -0.497 e. The summed E-state index contributed by atoms with van der Waals surface area (Å²) in [6.07, 6.45) is 2.57. The van der Waals surface area contributed by atoms with Crippen molar-refractivity contribution < 1.29 is 22.7 Å². The number of hydrogen-bond acceptors (Lipinski definition) is 5. The van der Waals surface area contributed by atoms with Crippen molar-refractivity contribution >= 4 is 39.1 Å². The Kier molecular flexibility index (Phi) is 12.0. The standard InChI is InChI=1S/C31H38ClN3O5S/c1-4-20-33-31(37)29(22-24-9-6-5-7-10-24)34(23-25-12-14-26(32)15-13-25)30(36)11-8-21-35(41(3,38)39)27-16-18-28(40-2)19-17-27/h5-7,9-10,12-19,29H,4,8,11,20-23H2,1-3H3,(H,33,37)/t29-/m0/s1. The van der Waals surface area contributed by atoms with Crippen LogP contribution >= 0.6 is 11.6 Å². The fourth-order valence-corrected chi connectivity index (χ4v) is 5.55. The fraction of sp³-hybridized carbons (Fsp3) is 0.355. The van der Waals surface area contributed by atoms with Crippen LogP contribution in [0.15, 0.2) is 78.9 Å². The SMILES string of the molecule is CCCNC(=O)[C@H](Cc1ccccc1)N(Cc1ccc(Cl)cc1)C(=O)CCCN(c1ccc(OC)cc1)S(C)(=O)=O. The van der Waals surface area contributed by atoms with Gasteiger partial charge in [0.05, 0.1) is 19.1 Å². The van der Waals surface area contributed by atoms with Gasteiger partial charge in [-0.05, 0) is 60.4 Å². The van der Waals surface area contributed by atoms with Crippen LogP contribution in [-0.4, -0.2) is 57.6 Å². The van der Waals surface area contributed by atoms with Gasteiger partial charge in [-0.15, -0.1) is 0 Å². The van der Waals surface area contributed by atoms with Crippen molar-refractivity contribution in [2.75, 3.05) is 30.8 Å². The van der Waals surface area contributed by atoms with Gasteiger partial charge in [-0.2, -0.15) is 0 Å². The lowest BCUT2D eigenvalue weighted by atomic mass is 10.0. The maximum absolute atomic E-state index is 13.8. The highest BCUT2D eigenvalue weighted by atomic mass is 35.5. The molecule has 220 valence electrons. The lowest BCUT2D eigenvalue weighted by molar-refractivity contribution is -0.141. The molecule has 10 heteroatoms. The Labute approximate surface area is 248 Å². The number of carbonyl (C=O) groups is 2. The van der Waals surface area contributed by atoms with Crippen LogP contribution < -0.4 is 14.4 Å². The summed E-state index contributed by atoms with van der Waals surface area (Å²) in [4.78, 5) is 28.8. The number of nitrogens with zero attached hydrogens (tertiary/aromatic N) is 2. The van der Waals surface area contributed by atoms with E-state index < -0.39 is 16.1 Å². The van der Waals surface area contributed by atoms with Gasteiger partial charge in [-0.1, -0.05) is 61.0 Å². The number of benzene rings is 3. The third-order valence-corrected chi connectivity index (χ3v) is 8.05. The first kappa shape index (κ1) is 32.0. The molecule has 2 amide bonds. The summed E-state index contributed by atoms with van der Waals surface area (Å²) >= 11 is 6.09. The number of amides is 2. The molecule has 1 N–H and O–H groups in total. The van der Waals surface area contributed by atoms with Gasteiger partial charge in [0.15, 0.2) is 0 Å². The number of sulfonamides is 1. The zero-order chi connectivity index (χ0) is 29.8. The van der Waals surface area contributed by atoms with Crippen LogP contribution in [0.4, 0.5) is 5.69 Å². The smallest absolute Gasteiger partial charge is 0.243 e. The fourth-order valence-electron chi connectivity index (χ4n) is 4.46. The molecule has 0 fully saturated rings. The minimum absolute atomic E-state index is 0.0577. The van der Waals surface area contributed by atoms with Crippen LogP contribution in [0.3, 0.4) is 0 Å². The first-order valence-electron chi connectivity index (χ1n) is 13.6. The predicted molar refractivity (Wildman–Crippen MR) is 164 cm³/mol. The van der Waals surface area contributed by atoms with Gasteiger partial charge < -0.3 is 15.0 Å². The largest absolute Gasteiger partial charge is 0.497 e. The predicted octanol–water partition coefficient (Wildman–Crippen LogP) is 5.06. The van der Waals surface area contributed by atoms with Crippen LogP contribution in [0.2, 0.25) is 5.02 Å². The van der Waals surface area contributed by atoms with Crippen molar-refractivity contribution in [1.29, 1.82) is 0 Å². The third-order valence-electron chi connectivity index (χ3n) is 6.60. The summed E-state index contributed by atoms with van der Waals surface area (Å²) in [5.74, 6) is 0.144. The second kappa shape index (κ2) is 15.4. The average Bonchev–Trinajstić information content (AvgIpc) is 2.96. The Hall–Kier alpha value is -3.56. The molecule has 0 saturated carbocycles. The Morgan fingerprint density at radius 3 is 2.20 bits per heavy atom. The van der Waals surface area contributed by atoms with Gasteiger partial charge in [-0.25, -0.2) is 8.42 Å². The second-order valence-electron chi connectivity index (χ2n) is 9.78. The van der Waals surface area contributed by atoms with Gasteiger partial charge in [0.1, 0.15) is 11.8 Å². The molecule has 0 aliphatic rings. The average molecular weight is 600 g/mol. The van der Waals surface area contributed by atoms with E-state index in [1.165, 1.54) is 11.4 Å². The summed E-state index contributed by atoms with van der Waals surface area (Å²) in [5, 5.41) is 3.53. The molecule has 3 aromatic rings. The van der Waals surface area contributed by atoms with Gasteiger partial charge in [0.2, 0.25) is 21.8 Å². The lowest BCUT2D eigenvalue weighted by Gasteiger charge is -2.32. The highest BCUT2D eigenvalue weighted by molar-refractivity contribution is 7.92. The first-order valence-corrected chi connectivity index (χ1v) is 15.8. The number of anilines is 1.